The van der Waals surface area contributed by atoms with E-state index in [9.17, 15) is 9.59 Å². The molecular weight excluding hydrogens is 228 g/mol. The van der Waals surface area contributed by atoms with Crippen LogP contribution in [0.2, 0.25) is 0 Å². The number of ether oxygens (including phenoxy) is 1. The molecule has 1 fully saturated rings. The second kappa shape index (κ2) is 3.81. The van der Waals surface area contributed by atoms with Crippen molar-refractivity contribution in [2.75, 3.05) is 0 Å². The van der Waals surface area contributed by atoms with Crippen molar-refractivity contribution in [1.29, 1.82) is 0 Å². The highest BCUT2D eigenvalue weighted by Gasteiger charge is 2.50. The summed E-state index contributed by atoms with van der Waals surface area (Å²) in [6, 6.07) is 0. The lowest BCUT2D eigenvalue weighted by Gasteiger charge is -2.24. The van der Waals surface area contributed by atoms with Crippen molar-refractivity contribution >= 4 is 11.8 Å². The molecule has 3 heteroatoms. The Morgan fingerprint density at radius 2 is 2.00 bits per heavy atom. The van der Waals surface area contributed by atoms with Gasteiger partial charge < -0.3 is 4.74 Å². The maximum absolute atomic E-state index is 12.1. The Morgan fingerprint density at radius 1 is 1.28 bits per heavy atom. The molecule has 96 valence electrons. The van der Waals surface area contributed by atoms with Gasteiger partial charge in [0.2, 0.25) is 0 Å². The molecule has 0 N–H and O–H groups in total. The van der Waals surface area contributed by atoms with Gasteiger partial charge in [0.15, 0.2) is 5.78 Å². The average molecular weight is 246 g/mol. The molecule has 0 aromatic rings. The Hall–Kier alpha value is -1.38. The van der Waals surface area contributed by atoms with E-state index in [1.54, 1.807) is 6.08 Å². The van der Waals surface area contributed by atoms with Gasteiger partial charge in [-0.2, -0.15) is 0 Å². The molecule has 0 unspecified atom stereocenters. The van der Waals surface area contributed by atoms with E-state index >= 15 is 0 Å². The number of hydrogen-bond acceptors (Lipinski definition) is 3. The second-order valence-electron chi connectivity index (χ2n) is 5.82. The lowest BCUT2D eigenvalue weighted by molar-refractivity contribution is -0.144. The number of ketones is 1. The lowest BCUT2D eigenvalue weighted by Crippen LogP contribution is -2.28. The fraction of sp³-hybridized carbons (Fsp3) is 0.600. The zero-order valence-corrected chi connectivity index (χ0v) is 11.0. The van der Waals surface area contributed by atoms with Crippen LogP contribution in [0.3, 0.4) is 0 Å². The van der Waals surface area contributed by atoms with E-state index in [4.69, 9.17) is 4.74 Å². The molecule has 3 nitrogen and oxygen atoms in total. The van der Waals surface area contributed by atoms with Crippen LogP contribution >= 0.6 is 0 Å². The molecular formula is C15H18O3. The monoisotopic (exact) mass is 246 g/mol. The number of rotatable bonds is 0. The highest BCUT2D eigenvalue weighted by atomic mass is 16.6. The summed E-state index contributed by atoms with van der Waals surface area (Å²) in [5.41, 5.74) is 3.12. The molecule has 0 aromatic heterocycles. The molecule has 0 saturated carbocycles. The van der Waals surface area contributed by atoms with Gasteiger partial charge in [-0.25, -0.2) is 0 Å². The third kappa shape index (κ3) is 1.43. The zero-order valence-electron chi connectivity index (χ0n) is 11.0. The van der Waals surface area contributed by atoms with Crippen molar-refractivity contribution in [3.8, 4) is 0 Å². The Labute approximate surface area is 107 Å². The number of esters is 1. The first-order valence-electron chi connectivity index (χ1n) is 6.63. The largest absolute Gasteiger partial charge is 0.461 e. The summed E-state index contributed by atoms with van der Waals surface area (Å²) in [6.07, 6.45) is 3.44. The number of carbonyl (C=O) groups excluding carboxylic acids is 2. The highest BCUT2D eigenvalue weighted by molar-refractivity contribution is 6.09. The Bertz CT molecular complexity index is 498. The highest BCUT2D eigenvalue weighted by Crippen LogP contribution is 2.47. The van der Waals surface area contributed by atoms with E-state index in [0.717, 1.165) is 24.0 Å². The number of carbonyl (C=O) groups is 2. The smallest absolute Gasteiger partial charge is 0.309 e. The Balaban J connectivity index is 2.07. The molecule has 1 heterocycles. The molecule has 1 saturated heterocycles. The number of fused-ring (bicyclic) bond motifs is 3. The molecule has 3 rings (SSSR count). The van der Waals surface area contributed by atoms with Gasteiger partial charge in [0.1, 0.15) is 6.10 Å². The van der Waals surface area contributed by atoms with Crippen LogP contribution in [-0.4, -0.2) is 17.9 Å². The lowest BCUT2D eigenvalue weighted by atomic mass is 9.81. The van der Waals surface area contributed by atoms with E-state index in [-0.39, 0.29) is 35.6 Å². The van der Waals surface area contributed by atoms with Crippen LogP contribution < -0.4 is 0 Å². The van der Waals surface area contributed by atoms with Gasteiger partial charge in [-0.05, 0) is 32.8 Å². The molecule has 2 aliphatic carbocycles. The van der Waals surface area contributed by atoms with Crippen molar-refractivity contribution in [2.24, 2.45) is 17.8 Å². The predicted octanol–water partition coefficient (Wildman–Crippen LogP) is 2.42. The predicted molar refractivity (Wildman–Crippen MR) is 66.7 cm³/mol. The summed E-state index contributed by atoms with van der Waals surface area (Å²) in [6.45, 7) is 5.96. The average Bonchev–Trinajstić information content (AvgIpc) is 2.68. The first-order chi connectivity index (χ1) is 8.50. The van der Waals surface area contributed by atoms with E-state index < -0.39 is 0 Å². The third-order valence-electron chi connectivity index (χ3n) is 4.76. The summed E-state index contributed by atoms with van der Waals surface area (Å²) in [7, 11) is 0. The van der Waals surface area contributed by atoms with Crippen LogP contribution in [0.5, 0.6) is 0 Å². The summed E-state index contributed by atoms with van der Waals surface area (Å²) >= 11 is 0. The summed E-state index contributed by atoms with van der Waals surface area (Å²) in [5.74, 6) is 0.246. The maximum Gasteiger partial charge on any atom is 0.309 e. The molecule has 0 aromatic carbocycles. The maximum atomic E-state index is 12.1. The van der Waals surface area contributed by atoms with Gasteiger partial charge in [-0.15, -0.1) is 0 Å². The minimum Gasteiger partial charge on any atom is -0.461 e. The van der Waals surface area contributed by atoms with Gasteiger partial charge in [0, 0.05) is 17.4 Å². The SMILES string of the molecule is CC1=CC(=O)C2=C(C)CC[C@@H]3[C@H](OC(=O)[C@H]3C)[C@H]12. The van der Waals surface area contributed by atoms with Crippen LogP contribution in [0.4, 0.5) is 0 Å². The zero-order chi connectivity index (χ0) is 13.0. The Morgan fingerprint density at radius 3 is 2.72 bits per heavy atom. The van der Waals surface area contributed by atoms with Crippen LogP contribution in [0.15, 0.2) is 22.8 Å². The van der Waals surface area contributed by atoms with E-state index in [0.29, 0.717) is 0 Å². The van der Waals surface area contributed by atoms with Crippen molar-refractivity contribution in [3.63, 3.8) is 0 Å². The first-order valence-corrected chi connectivity index (χ1v) is 6.63. The van der Waals surface area contributed by atoms with Gasteiger partial charge in [0.25, 0.3) is 0 Å². The third-order valence-corrected chi connectivity index (χ3v) is 4.76. The van der Waals surface area contributed by atoms with Gasteiger partial charge in [-0.1, -0.05) is 18.1 Å². The fourth-order valence-electron chi connectivity index (χ4n) is 3.69. The minimum atomic E-state index is -0.123. The first kappa shape index (κ1) is 11.7. The van der Waals surface area contributed by atoms with Gasteiger partial charge in [0.05, 0.1) is 5.92 Å². The van der Waals surface area contributed by atoms with Gasteiger partial charge in [-0.3, -0.25) is 9.59 Å². The quantitative estimate of drug-likeness (QED) is 0.616. The van der Waals surface area contributed by atoms with E-state index in [1.165, 1.54) is 5.57 Å². The molecule has 0 bridgehead atoms. The topological polar surface area (TPSA) is 43.4 Å². The molecule has 18 heavy (non-hydrogen) atoms. The van der Waals surface area contributed by atoms with Crippen LogP contribution in [0.1, 0.15) is 33.6 Å². The summed E-state index contributed by atoms with van der Waals surface area (Å²) in [5, 5.41) is 0. The van der Waals surface area contributed by atoms with E-state index in [2.05, 4.69) is 0 Å². The number of hydrogen-bond donors (Lipinski definition) is 0. The molecule has 4 atom stereocenters. The summed E-state index contributed by atoms with van der Waals surface area (Å²) in [4.78, 5) is 23.8. The number of allylic oxidation sites excluding steroid dienone is 2. The summed E-state index contributed by atoms with van der Waals surface area (Å²) < 4.78 is 5.57. The van der Waals surface area contributed by atoms with Crippen LogP contribution in [-0.2, 0) is 14.3 Å². The molecule has 0 amide bonds. The normalized spacial score (nSPS) is 39.2. The molecule has 1 aliphatic heterocycles. The van der Waals surface area contributed by atoms with Crippen LogP contribution in [0.25, 0.3) is 0 Å². The van der Waals surface area contributed by atoms with Crippen molar-refractivity contribution < 1.29 is 14.3 Å². The molecule has 0 radical (unpaired) electrons. The van der Waals surface area contributed by atoms with Crippen molar-refractivity contribution in [1.82, 2.24) is 0 Å². The van der Waals surface area contributed by atoms with Crippen molar-refractivity contribution in [3.05, 3.63) is 22.8 Å². The van der Waals surface area contributed by atoms with Crippen LogP contribution in [0, 0.1) is 17.8 Å². The standard InChI is InChI=1S/C15H18O3/c1-7-4-5-10-9(3)15(17)18-14(10)13-8(2)6-11(16)12(7)13/h6,9-10,13-14H,4-5H2,1-3H3/t9-,10-,13+,14-/m0/s1. The fourth-order valence-corrected chi connectivity index (χ4v) is 3.69. The second-order valence-corrected chi connectivity index (χ2v) is 5.82. The van der Waals surface area contributed by atoms with E-state index in [1.807, 2.05) is 20.8 Å². The molecule has 0 spiro atoms. The molecule has 3 aliphatic rings. The van der Waals surface area contributed by atoms with Gasteiger partial charge >= 0.3 is 5.97 Å². The Kier molecular flexibility index (Phi) is 2.47. The van der Waals surface area contributed by atoms with Crippen molar-refractivity contribution in [2.45, 2.75) is 39.7 Å². The minimum absolute atomic E-state index is 0.0129.